The Kier molecular flexibility index (Phi) is 8.84. The molecule has 0 amide bonds. The van der Waals surface area contributed by atoms with Crippen molar-refractivity contribution in [2.24, 2.45) is 0 Å². The largest absolute Gasteiger partial charge is 0.314 e. The summed E-state index contributed by atoms with van der Waals surface area (Å²) in [6.45, 7) is 15.2. The van der Waals surface area contributed by atoms with Crippen LogP contribution in [0.4, 0.5) is 0 Å². The molecule has 26 heavy (non-hydrogen) atoms. The fourth-order valence-electron chi connectivity index (χ4n) is 3.69. The summed E-state index contributed by atoms with van der Waals surface area (Å²) >= 11 is 0. The molecule has 146 valence electrons. The second-order valence-corrected chi connectivity index (χ2v) is 7.32. The van der Waals surface area contributed by atoms with E-state index in [0.717, 1.165) is 91.6 Å². The predicted octanol–water partition coefficient (Wildman–Crippen LogP) is -0.324. The first kappa shape index (κ1) is 19.7. The SMILES string of the molecule is c1ccc(CN2CCNCCNCC2)c(CN2CCNCCNCC2)c1. The van der Waals surface area contributed by atoms with Gasteiger partial charge in [0.2, 0.25) is 0 Å². The van der Waals surface area contributed by atoms with Gasteiger partial charge in [-0.25, -0.2) is 0 Å². The smallest absolute Gasteiger partial charge is 0.0238 e. The van der Waals surface area contributed by atoms with Crippen molar-refractivity contribution in [3.8, 4) is 0 Å². The molecular formula is C20H36N6. The van der Waals surface area contributed by atoms with E-state index in [9.17, 15) is 0 Å². The van der Waals surface area contributed by atoms with E-state index in [2.05, 4.69) is 55.3 Å². The molecule has 2 aliphatic rings. The average molecular weight is 361 g/mol. The Hall–Kier alpha value is -1.02. The summed E-state index contributed by atoms with van der Waals surface area (Å²) in [4.78, 5) is 5.15. The van der Waals surface area contributed by atoms with Crippen LogP contribution >= 0.6 is 0 Å². The van der Waals surface area contributed by atoms with Crippen molar-refractivity contribution in [3.63, 3.8) is 0 Å². The number of nitrogens with zero attached hydrogens (tertiary/aromatic N) is 2. The van der Waals surface area contributed by atoms with Crippen LogP contribution in [0.5, 0.6) is 0 Å². The van der Waals surface area contributed by atoms with Crippen LogP contribution in [0.1, 0.15) is 11.1 Å². The number of benzene rings is 1. The maximum Gasteiger partial charge on any atom is 0.0238 e. The highest BCUT2D eigenvalue weighted by atomic mass is 15.2. The molecule has 1 aromatic carbocycles. The zero-order valence-corrected chi connectivity index (χ0v) is 16.1. The maximum atomic E-state index is 3.52. The molecule has 0 bridgehead atoms. The van der Waals surface area contributed by atoms with Gasteiger partial charge in [-0.15, -0.1) is 0 Å². The van der Waals surface area contributed by atoms with Crippen LogP contribution in [0, 0.1) is 0 Å². The Balaban J connectivity index is 1.60. The van der Waals surface area contributed by atoms with E-state index in [1.54, 1.807) is 0 Å². The predicted molar refractivity (Wildman–Crippen MR) is 108 cm³/mol. The van der Waals surface area contributed by atoms with Crippen molar-refractivity contribution in [1.82, 2.24) is 31.1 Å². The van der Waals surface area contributed by atoms with E-state index in [1.807, 2.05) is 0 Å². The summed E-state index contributed by atoms with van der Waals surface area (Å²) in [6.07, 6.45) is 0. The van der Waals surface area contributed by atoms with E-state index < -0.39 is 0 Å². The van der Waals surface area contributed by atoms with Gasteiger partial charge in [0.15, 0.2) is 0 Å². The van der Waals surface area contributed by atoms with Crippen LogP contribution in [-0.4, -0.2) is 88.3 Å². The summed E-state index contributed by atoms with van der Waals surface area (Å²) in [5.74, 6) is 0. The molecule has 6 nitrogen and oxygen atoms in total. The summed E-state index contributed by atoms with van der Waals surface area (Å²) in [5.41, 5.74) is 2.96. The van der Waals surface area contributed by atoms with Gasteiger partial charge in [0.1, 0.15) is 0 Å². The summed E-state index contributed by atoms with van der Waals surface area (Å²) in [7, 11) is 0. The van der Waals surface area contributed by atoms with Crippen LogP contribution in [0.2, 0.25) is 0 Å². The third-order valence-electron chi connectivity index (χ3n) is 5.28. The quantitative estimate of drug-likeness (QED) is 0.590. The molecule has 0 saturated carbocycles. The molecule has 2 saturated heterocycles. The molecule has 4 N–H and O–H groups in total. The van der Waals surface area contributed by atoms with Gasteiger partial charge in [0.25, 0.3) is 0 Å². The lowest BCUT2D eigenvalue weighted by atomic mass is 10.1. The molecule has 3 rings (SSSR count). The number of nitrogens with one attached hydrogen (secondary N) is 4. The lowest BCUT2D eigenvalue weighted by molar-refractivity contribution is 0.259. The lowest BCUT2D eigenvalue weighted by Gasteiger charge is -2.26. The molecule has 0 atom stereocenters. The van der Waals surface area contributed by atoms with Crippen molar-refractivity contribution in [3.05, 3.63) is 35.4 Å². The van der Waals surface area contributed by atoms with Gasteiger partial charge in [-0.2, -0.15) is 0 Å². The minimum absolute atomic E-state index is 1.05. The van der Waals surface area contributed by atoms with Crippen LogP contribution in [0.25, 0.3) is 0 Å². The summed E-state index contributed by atoms with van der Waals surface area (Å²) in [5, 5.41) is 14.1. The molecule has 6 heteroatoms. The topological polar surface area (TPSA) is 54.6 Å². The van der Waals surface area contributed by atoms with Crippen LogP contribution < -0.4 is 21.3 Å². The van der Waals surface area contributed by atoms with E-state index in [-0.39, 0.29) is 0 Å². The first-order chi connectivity index (χ1) is 12.9. The van der Waals surface area contributed by atoms with Gasteiger partial charge in [-0.05, 0) is 11.1 Å². The highest BCUT2D eigenvalue weighted by Gasteiger charge is 2.13. The Bertz CT molecular complexity index is 444. The zero-order valence-electron chi connectivity index (χ0n) is 16.1. The number of rotatable bonds is 4. The molecule has 2 fully saturated rings. The average Bonchev–Trinajstić information content (AvgIpc) is 2.87. The summed E-state index contributed by atoms with van der Waals surface area (Å²) < 4.78 is 0. The summed E-state index contributed by atoms with van der Waals surface area (Å²) in [6, 6.07) is 9.01. The van der Waals surface area contributed by atoms with Gasteiger partial charge in [-0.1, -0.05) is 24.3 Å². The van der Waals surface area contributed by atoms with E-state index >= 15 is 0 Å². The molecule has 0 aromatic heterocycles. The fourth-order valence-corrected chi connectivity index (χ4v) is 3.69. The van der Waals surface area contributed by atoms with E-state index in [4.69, 9.17) is 0 Å². The highest BCUT2D eigenvalue weighted by molar-refractivity contribution is 5.27. The van der Waals surface area contributed by atoms with Gasteiger partial charge in [0.05, 0.1) is 0 Å². The number of hydrogen-bond donors (Lipinski definition) is 4. The highest BCUT2D eigenvalue weighted by Crippen LogP contribution is 2.14. The Labute approximate surface area is 158 Å². The van der Waals surface area contributed by atoms with Crippen LogP contribution in [0.3, 0.4) is 0 Å². The number of hydrogen-bond acceptors (Lipinski definition) is 6. The van der Waals surface area contributed by atoms with Crippen molar-refractivity contribution in [1.29, 1.82) is 0 Å². The minimum atomic E-state index is 1.05. The molecule has 0 aliphatic carbocycles. The first-order valence-electron chi connectivity index (χ1n) is 10.3. The Morgan fingerprint density at radius 3 is 1.23 bits per heavy atom. The molecule has 0 radical (unpaired) electrons. The molecule has 0 spiro atoms. The molecule has 0 unspecified atom stereocenters. The fraction of sp³-hybridized carbons (Fsp3) is 0.700. The second kappa shape index (κ2) is 11.6. The molecule has 2 heterocycles. The second-order valence-electron chi connectivity index (χ2n) is 7.32. The molecular weight excluding hydrogens is 324 g/mol. The normalized spacial score (nSPS) is 22.5. The Morgan fingerprint density at radius 2 is 0.885 bits per heavy atom. The van der Waals surface area contributed by atoms with Crippen LogP contribution in [-0.2, 0) is 13.1 Å². The standard InChI is InChI=1S/C20H36N6/c1-2-4-20(18-26-15-11-23-7-8-24-12-16-26)19(3-1)17-25-13-9-21-5-6-22-10-14-25/h1-4,21-24H,5-18H2. The van der Waals surface area contributed by atoms with Crippen LogP contribution in [0.15, 0.2) is 24.3 Å². The van der Waals surface area contributed by atoms with Gasteiger partial charge in [0, 0.05) is 91.6 Å². The monoisotopic (exact) mass is 360 g/mol. The lowest BCUT2D eigenvalue weighted by Crippen LogP contribution is -2.35. The Morgan fingerprint density at radius 1 is 0.538 bits per heavy atom. The van der Waals surface area contributed by atoms with Crippen molar-refractivity contribution >= 4 is 0 Å². The van der Waals surface area contributed by atoms with Crippen molar-refractivity contribution < 1.29 is 0 Å². The van der Waals surface area contributed by atoms with Crippen molar-refractivity contribution in [2.45, 2.75) is 13.1 Å². The van der Waals surface area contributed by atoms with Gasteiger partial charge >= 0.3 is 0 Å². The first-order valence-corrected chi connectivity index (χ1v) is 10.3. The maximum absolute atomic E-state index is 3.52. The van der Waals surface area contributed by atoms with Crippen molar-refractivity contribution in [2.75, 3.05) is 78.5 Å². The molecule has 2 aliphatic heterocycles. The van der Waals surface area contributed by atoms with Gasteiger partial charge < -0.3 is 21.3 Å². The third-order valence-corrected chi connectivity index (χ3v) is 5.28. The van der Waals surface area contributed by atoms with E-state index in [1.165, 1.54) is 11.1 Å². The van der Waals surface area contributed by atoms with E-state index in [0.29, 0.717) is 0 Å². The minimum Gasteiger partial charge on any atom is -0.314 e. The molecule has 1 aromatic rings. The van der Waals surface area contributed by atoms with Gasteiger partial charge in [-0.3, -0.25) is 9.80 Å². The zero-order chi connectivity index (χ0) is 17.9. The third kappa shape index (κ3) is 6.95.